The third kappa shape index (κ3) is 9.78. The fraction of sp³-hybridized carbons (Fsp3) is 0.750. The molecule has 0 aromatic heterocycles. The summed E-state index contributed by atoms with van der Waals surface area (Å²) in [5, 5.41) is 0.187. The minimum absolute atomic E-state index is 0.187. The van der Waals surface area contributed by atoms with Gasteiger partial charge in [0.1, 0.15) is 17.1 Å². The molecule has 36 heavy (non-hydrogen) atoms. The monoisotopic (exact) mass is 532 g/mol. The minimum Gasteiger partial charge on any atom is -0.543 e. The zero-order valence-electron chi connectivity index (χ0n) is 25.4. The second-order valence-electron chi connectivity index (χ2n) is 13.7. The van der Waals surface area contributed by atoms with Gasteiger partial charge in [-0.3, -0.25) is 0 Å². The van der Waals surface area contributed by atoms with Crippen molar-refractivity contribution in [3.63, 3.8) is 0 Å². The Balaban J connectivity index is 1.86. The van der Waals surface area contributed by atoms with E-state index in [1.165, 1.54) is 49.0 Å². The lowest BCUT2D eigenvalue weighted by atomic mass is 9.92. The summed E-state index contributed by atoms with van der Waals surface area (Å²) in [7, 11) is -1.86. The zero-order chi connectivity index (χ0) is 27.1. The lowest BCUT2D eigenvalue weighted by Crippen LogP contribution is -2.44. The summed E-state index contributed by atoms with van der Waals surface area (Å²) in [6.45, 7) is 25.4. The summed E-state index contributed by atoms with van der Waals surface area (Å²) in [5.41, 5.74) is 0.915. The number of allylic oxidation sites excluding steroid dienone is 1. The Kier molecular flexibility index (Phi) is 11.6. The summed E-state index contributed by atoms with van der Waals surface area (Å²) in [5.74, 6) is 5.40. The van der Waals surface area contributed by atoms with Crippen LogP contribution in [0.2, 0.25) is 18.1 Å². The van der Waals surface area contributed by atoms with E-state index in [4.69, 9.17) is 9.16 Å². The van der Waals surface area contributed by atoms with Crippen LogP contribution in [0, 0.1) is 24.7 Å². The van der Waals surface area contributed by atoms with Crippen LogP contribution in [0.5, 0.6) is 11.5 Å². The molecule has 206 valence electrons. The van der Waals surface area contributed by atoms with E-state index in [2.05, 4.69) is 99.7 Å². The maximum absolute atomic E-state index is 6.60. The fourth-order valence-corrected chi connectivity index (χ4v) is 6.67. The number of ether oxygens (including phenoxy) is 1. The number of aryl methyl sites for hydroxylation is 1. The third-order valence-electron chi connectivity index (χ3n) is 8.12. The molecule has 0 N–H and O–H groups in total. The average molecular weight is 533 g/mol. The Hall–Kier alpha value is -0.873. The van der Waals surface area contributed by atoms with Crippen LogP contribution in [-0.2, 0) is 0 Å². The molecule has 2 rings (SSSR count). The van der Waals surface area contributed by atoms with Crippen LogP contribution in [0.1, 0.15) is 106 Å². The normalized spacial score (nSPS) is 20.3. The maximum atomic E-state index is 6.60. The van der Waals surface area contributed by atoms with Crippen LogP contribution in [0.4, 0.5) is 0 Å². The first-order chi connectivity index (χ1) is 16.6. The molecule has 0 bridgehead atoms. The predicted molar refractivity (Wildman–Crippen MR) is 163 cm³/mol. The molecule has 0 radical (unpaired) electrons. The van der Waals surface area contributed by atoms with E-state index in [-0.39, 0.29) is 10.6 Å². The van der Waals surface area contributed by atoms with Gasteiger partial charge >= 0.3 is 0 Å². The topological polar surface area (TPSA) is 18.5 Å². The second-order valence-corrected chi connectivity index (χ2v) is 19.5. The van der Waals surface area contributed by atoms with Crippen molar-refractivity contribution in [2.24, 2.45) is 17.8 Å². The van der Waals surface area contributed by atoms with Crippen molar-refractivity contribution in [3.8, 4) is 11.5 Å². The highest BCUT2D eigenvalue weighted by Crippen LogP contribution is 2.45. The number of hydrogen-bond acceptors (Lipinski definition) is 3. The van der Waals surface area contributed by atoms with E-state index >= 15 is 0 Å². The first kappa shape index (κ1) is 31.3. The van der Waals surface area contributed by atoms with Crippen LogP contribution < -0.4 is 9.16 Å². The molecule has 0 spiro atoms. The third-order valence-corrected chi connectivity index (χ3v) is 13.8. The zero-order valence-corrected chi connectivity index (χ0v) is 27.2. The molecule has 1 aliphatic heterocycles. The summed E-state index contributed by atoms with van der Waals surface area (Å²) in [6, 6.07) is 4.37. The molecule has 4 heteroatoms. The molecule has 2 nitrogen and oxygen atoms in total. The Morgan fingerprint density at radius 3 is 2.25 bits per heavy atom. The van der Waals surface area contributed by atoms with Gasteiger partial charge in [-0.05, 0) is 79.9 Å². The number of fused-ring (bicyclic) bond motifs is 1. The summed E-state index contributed by atoms with van der Waals surface area (Å²) in [4.78, 5) is 1.21. The predicted octanol–water partition coefficient (Wildman–Crippen LogP) is 10.8. The molecular weight excluding hydrogens is 477 g/mol. The van der Waals surface area contributed by atoms with Crippen molar-refractivity contribution in [2.75, 3.05) is 5.75 Å². The summed E-state index contributed by atoms with van der Waals surface area (Å²) >= 11 is 1.90. The minimum atomic E-state index is -1.86. The molecule has 0 saturated heterocycles. The molecule has 0 saturated carbocycles. The van der Waals surface area contributed by atoms with Gasteiger partial charge in [0.15, 0.2) is 0 Å². The van der Waals surface area contributed by atoms with Gasteiger partial charge in [-0.2, -0.15) is 0 Å². The highest BCUT2D eigenvalue weighted by Gasteiger charge is 2.39. The van der Waals surface area contributed by atoms with E-state index in [0.717, 1.165) is 41.4 Å². The van der Waals surface area contributed by atoms with Gasteiger partial charge in [-0.25, -0.2) is 0 Å². The SMILES string of the molecule is Cc1cc(O[Si](C)(C)C(C)(C)C)cc2c1OC(C)(/C=C/C[C@H](C)CCC[C@H](C)CCCC(C)C)CS2. The fourth-order valence-electron chi connectivity index (χ4n) is 4.52. The van der Waals surface area contributed by atoms with Crippen molar-refractivity contribution >= 4 is 20.1 Å². The molecule has 1 aromatic carbocycles. The number of hydrogen-bond donors (Lipinski definition) is 0. The first-order valence-corrected chi connectivity index (χ1v) is 18.3. The van der Waals surface area contributed by atoms with Crippen molar-refractivity contribution < 1.29 is 9.16 Å². The van der Waals surface area contributed by atoms with Crippen LogP contribution in [0.25, 0.3) is 0 Å². The van der Waals surface area contributed by atoms with E-state index < -0.39 is 8.32 Å². The first-order valence-electron chi connectivity index (χ1n) is 14.4. The van der Waals surface area contributed by atoms with Crippen molar-refractivity contribution in [3.05, 3.63) is 29.8 Å². The number of thioether (sulfide) groups is 1. The van der Waals surface area contributed by atoms with E-state index in [0.29, 0.717) is 0 Å². The molecule has 1 unspecified atom stereocenters. The summed E-state index contributed by atoms with van der Waals surface area (Å²) < 4.78 is 13.2. The lowest BCUT2D eigenvalue weighted by molar-refractivity contribution is 0.155. The van der Waals surface area contributed by atoms with Gasteiger partial charge in [-0.1, -0.05) is 93.1 Å². The quantitative estimate of drug-likeness (QED) is 0.186. The molecule has 3 atom stereocenters. The van der Waals surface area contributed by atoms with Crippen molar-refractivity contribution in [1.29, 1.82) is 0 Å². The Morgan fingerprint density at radius 1 is 1.03 bits per heavy atom. The van der Waals surface area contributed by atoms with E-state index in [9.17, 15) is 0 Å². The number of rotatable bonds is 13. The highest BCUT2D eigenvalue weighted by atomic mass is 32.2. The molecule has 1 heterocycles. The van der Waals surface area contributed by atoms with E-state index in [1.54, 1.807) is 0 Å². The van der Waals surface area contributed by atoms with Crippen LogP contribution >= 0.6 is 11.8 Å². The van der Waals surface area contributed by atoms with Gasteiger partial charge in [0.2, 0.25) is 8.32 Å². The Labute approximate surface area is 229 Å². The lowest BCUT2D eigenvalue weighted by Gasteiger charge is -2.38. The van der Waals surface area contributed by atoms with Gasteiger partial charge in [-0.15, -0.1) is 11.8 Å². The van der Waals surface area contributed by atoms with Crippen LogP contribution in [0.15, 0.2) is 29.2 Å². The largest absolute Gasteiger partial charge is 0.543 e. The average Bonchev–Trinajstić information content (AvgIpc) is 2.73. The molecule has 1 aliphatic rings. The van der Waals surface area contributed by atoms with Gasteiger partial charge < -0.3 is 9.16 Å². The highest BCUT2D eigenvalue weighted by molar-refractivity contribution is 7.99. The van der Waals surface area contributed by atoms with E-state index in [1.807, 2.05) is 11.8 Å². The van der Waals surface area contributed by atoms with Gasteiger partial charge in [0, 0.05) is 5.75 Å². The smallest absolute Gasteiger partial charge is 0.250 e. The van der Waals surface area contributed by atoms with Crippen molar-refractivity contribution in [1.82, 2.24) is 0 Å². The van der Waals surface area contributed by atoms with Crippen LogP contribution in [0.3, 0.4) is 0 Å². The second kappa shape index (κ2) is 13.3. The maximum Gasteiger partial charge on any atom is 0.250 e. The molecule has 0 amide bonds. The Morgan fingerprint density at radius 2 is 1.64 bits per heavy atom. The van der Waals surface area contributed by atoms with Gasteiger partial charge in [0.05, 0.1) is 4.90 Å². The molecular formula is C32H56O2SSi. The van der Waals surface area contributed by atoms with Crippen LogP contribution in [-0.4, -0.2) is 19.7 Å². The number of benzene rings is 1. The van der Waals surface area contributed by atoms with Gasteiger partial charge in [0.25, 0.3) is 0 Å². The summed E-state index contributed by atoms with van der Waals surface area (Å²) in [6.07, 6.45) is 14.0. The standard InChI is InChI=1S/C32H56O2SSi/c1-24(2)15-12-16-25(3)17-13-18-26(4)19-14-20-32(9)23-35-29-22-28(21-27(5)30(29)33-32)34-36(10,11)31(6,7)8/h14,20-22,24-26H,12-13,15-19,23H2,1-11H3/b20-14+/t25-,26-,32?/m1/s1. The molecule has 1 aromatic rings. The Bertz CT molecular complexity index is 854. The molecule has 0 fully saturated rings. The molecule has 0 aliphatic carbocycles. The van der Waals surface area contributed by atoms with Crippen molar-refractivity contribution in [2.45, 2.75) is 136 Å².